The number of ether oxygens (including phenoxy) is 3. The third-order valence-corrected chi connectivity index (χ3v) is 13.1. The zero-order valence-corrected chi connectivity index (χ0v) is 49.9. The number of carbonyl (C=O) groups is 3. The highest BCUT2D eigenvalue weighted by Gasteiger charge is 2.19. The van der Waals surface area contributed by atoms with E-state index in [1.165, 1.54) is 116 Å². The lowest BCUT2D eigenvalue weighted by Crippen LogP contribution is -2.30. The summed E-state index contributed by atoms with van der Waals surface area (Å²) >= 11 is 0. The maximum absolute atomic E-state index is 12.9. The summed E-state index contributed by atoms with van der Waals surface area (Å²) in [4.78, 5) is 38.3. The minimum absolute atomic E-state index is 0.120. The van der Waals surface area contributed by atoms with Crippen molar-refractivity contribution in [1.82, 2.24) is 0 Å². The zero-order chi connectivity index (χ0) is 55.7. The van der Waals surface area contributed by atoms with E-state index < -0.39 is 12.1 Å². The largest absolute Gasteiger partial charge is 0.462 e. The summed E-state index contributed by atoms with van der Waals surface area (Å²) in [6, 6.07) is 0. The predicted molar refractivity (Wildman–Crippen MR) is 334 cm³/mol. The van der Waals surface area contributed by atoms with Crippen molar-refractivity contribution in [3.05, 3.63) is 134 Å². The second-order valence-corrected chi connectivity index (χ2v) is 20.5. The van der Waals surface area contributed by atoms with E-state index in [-0.39, 0.29) is 31.6 Å². The summed E-state index contributed by atoms with van der Waals surface area (Å²) in [7, 11) is 0. The van der Waals surface area contributed by atoms with Gasteiger partial charge >= 0.3 is 17.9 Å². The lowest BCUT2D eigenvalue weighted by atomic mass is 10.0. The smallest absolute Gasteiger partial charge is 0.306 e. The van der Waals surface area contributed by atoms with Gasteiger partial charge in [0.15, 0.2) is 6.10 Å². The van der Waals surface area contributed by atoms with Gasteiger partial charge in [0, 0.05) is 19.3 Å². The van der Waals surface area contributed by atoms with Crippen molar-refractivity contribution in [2.24, 2.45) is 0 Å². The molecule has 6 heteroatoms. The Morgan fingerprint density at radius 3 is 0.857 bits per heavy atom. The number of esters is 3. The van der Waals surface area contributed by atoms with Crippen LogP contribution in [-0.4, -0.2) is 37.2 Å². The van der Waals surface area contributed by atoms with Crippen molar-refractivity contribution in [3.8, 4) is 0 Å². The molecule has 0 saturated heterocycles. The summed E-state index contributed by atoms with van der Waals surface area (Å²) in [5.41, 5.74) is 0. The van der Waals surface area contributed by atoms with Gasteiger partial charge in [-0.3, -0.25) is 14.4 Å². The highest BCUT2D eigenvalue weighted by Crippen LogP contribution is 2.15. The quantitative estimate of drug-likeness (QED) is 0.0261. The van der Waals surface area contributed by atoms with Crippen molar-refractivity contribution in [1.29, 1.82) is 0 Å². The van der Waals surface area contributed by atoms with Gasteiger partial charge in [0.05, 0.1) is 0 Å². The van der Waals surface area contributed by atoms with E-state index in [0.29, 0.717) is 19.3 Å². The number of rotatable bonds is 56. The Hall–Kier alpha value is -4.45. The zero-order valence-electron chi connectivity index (χ0n) is 49.9. The molecule has 1 unspecified atom stereocenters. The molecule has 0 aliphatic rings. The molecule has 0 fully saturated rings. The Bertz CT molecular complexity index is 1650. The van der Waals surface area contributed by atoms with Gasteiger partial charge in [-0.2, -0.15) is 0 Å². The Morgan fingerprint density at radius 1 is 0.273 bits per heavy atom. The van der Waals surface area contributed by atoms with Gasteiger partial charge < -0.3 is 14.2 Å². The maximum Gasteiger partial charge on any atom is 0.306 e. The van der Waals surface area contributed by atoms with E-state index in [9.17, 15) is 14.4 Å². The van der Waals surface area contributed by atoms with E-state index in [4.69, 9.17) is 14.2 Å². The second-order valence-electron chi connectivity index (χ2n) is 20.5. The monoisotopic (exact) mass is 1060 g/mol. The molecule has 0 rings (SSSR count). The van der Waals surface area contributed by atoms with Crippen LogP contribution in [0, 0.1) is 0 Å². The van der Waals surface area contributed by atoms with Crippen LogP contribution >= 0.6 is 0 Å². The van der Waals surface area contributed by atoms with E-state index in [1.54, 1.807) is 0 Å². The first-order chi connectivity index (χ1) is 38.0. The van der Waals surface area contributed by atoms with Crippen molar-refractivity contribution in [2.45, 2.75) is 284 Å². The molecule has 0 saturated carbocycles. The van der Waals surface area contributed by atoms with E-state index in [1.807, 2.05) is 12.2 Å². The lowest BCUT2D eigenvalue weighted by molar-refractivity contribution is -0.166. The average Bonchev–Trinajstić information content (AvgIpc) is 3.43. The van der Waals surface area contributed by atoms with Crippen LogP contribution in [0.2, 0.25) is 0 Å². The summed E-state index contributed by atoms with van der Waals surface area (Å²) in [6.45, 7) is 6.34. The predicted octanol–water partition coefficient (Wildman–Crippen LogP) is 21.8. The molecule has 0 bridgehead atoms. The van der Waals surface area contributed by atoms with Crippen LogP contribution in [0.5, 0.6) is 0 Å². The SMILES string of the molecule is CC/C=C\C/C=C\C/C=C\C/C=C\C/C=C\C/C=C\CCC(=O)OC(COC(=O)CCCCCC/C=C\C/C=C\C/C=C\C/C=C\CC)COC(=O)CCCCCCCCCCCCC/C=C\CCCCCCCCCC. The van der Waals surface area contributed by atoms with Gasteiger partial charge in [0.1, 0.15) is 13.2 Å². The minimum atomic E-state index is -0.835. The molecule has 0 amide bonds. The summed E-state index contributed by atoms with van der Waals surface area (Å²) in [5.74, 6) is -1.03. The van der Waals surface area contributed by atoms with Crippen molar-refractivity contribution in [3.63, 3.8) is 0 Å². The van der Waals surface area contributed by atoms with Gasteiger partial charge in [-0.05, 0) is 122 Å². The maximum atomic E-state index is 12.9. The summed E-state index contributed by atoms with van der Waals surface area (Å²) in [5, 5.41) is 0. The molecule has 0 spiro atoms. The van der Waals surface area contributed by atoms with Crippen molar-refractivity contribution in [2.75, 3.05) is 13.2 Å². The number of allylic oxidation sites excluding steroid dienone is 22. The van der Waals surface area contributed by atoms with E-state index in [0.717, 1.165) is 116 Å². The van der Waals surface area contributed by atoms with Gasteiger partial charge in [0.25, 0.3) is 0 Å². The normalized spacial score (nSPS) is 13.0. The number of unbranched alkanes of at least 4 members (excludes halogenated alkanes) is 23. The molecular formula is C71H116O6. The van der Waals surface area contributed by atoms with Crippen LogP contribution in [-0.2, 0) is 28.6 Å². The van der Waals surface area contributed by atoms with Crippen LogP contribution in [0.25, 0.3) is 0 Å². The summed E-state index contributed by atoms with van der Waals surface area (Å²) < 4.78 is 16.8. The van der Waals surface area contributed by atoms with Crippen LogP contribution in [0.4, 0.5) is 0 Å². The number of carbonyl (C=O) groups excluding carboxylic acids is 3. The first-order valence-corrected chi connectivity index (χ1v) is 31.7. The Balaban J connectivity index is 4.50. The number of hydrogen-bond donors (Lipinski definition) is 0. The molecule has 436 valence electrons. The molecule has 0 radical (unpaired) electrons. The fourth-order valence-corrected chi connectivity index (χ4v) is 8.45. The first kappa shape index (κ1) is 72.5. The van der Waals surface area contributed by atoms with Gasteiger partial charge in [-0.25, -0.2) is 0 Å². The molecule has 77 heavy (non-hydrogen) atoms. The average molecular weight is 1070 g/mol. The molecule has 0 aliphatic carbocycles. The Labute approximate surface area is 475 Å². The fourth-order valence-electron chi connectivity index (χ4n) is 8.45. The van der Waals surface area contributed by atoms with Crippen molar-refractivity contribution < 1.29 is 28.6 Å². The topological polar surface area (TPSA) is 78.9 Å². The molecule has 0 N–H and O–H groups in total. The molecule has 0 aromatic carbocycles. The fraction of sp³-hybridized carbons (Fsp3) is 0.648. The Kier molecular flexibility index (Phi) is 60.4. The van der Waals surface area contributed by atoms with Crippen LogP contribution in [0.15, 0.2) is 134 Å². The molecule has 0 heterocycles. The Morgan fingerprint density at radius 2 is 0.532 bits per heavy atom. The molecule has 6 nitrogen and oxygen atoms in total. The van der Waals surface area contributed by atoms with E-state index >= 15 is 0 Å². The summed E-state index contributed by atoms with van der Waals surface area (Å²) in [6.07, 6.45) is 90.4. The third-order valence-electron chi connectivity index (χ3n) is 13.1. The standard InChI is InChI=1S/C71H116O6/c1-4-7-10-13-16-19-22-25-28-31-33-34-35-36-38-40-43-46-49-52-55-58-61-64-70(73)76-67-68(66-75-69(72)63-60-57-54-51-48-45-42-39-30-27-24-21-18-15-12-9-6-3)77-71(74)65-62-59-56-53-50-47-44-41-37-32-29-26-23-20-17-14-11-8-5-2/h8-9,11-12,17-18,20-21,26-27,29-31,33,37,41-42,45,47,50,56,59,68H,4-7,10,13-16,19,22-25,28,32,34-36,38-40,43-44,46,48-49,51-55,57-58,60-67H2,1-3H3/b11-8-,12-9-,20-17-,21-18-,29-26-,30-27-,33-31-,41-37-,45-42-,50-47-,59-56-. The molecule has 0 aromatic heterocycles. The van der Waals surface area contributed by atoms with E-state index in [2.05, 4.69) is 142 Å². The highest BCUT2D eigenvalue weighted by molar-refractivity contribution is 5.71. The van der Waals surface area contributed by atoms with Gasteiger partial charge in [-0.15, -0.1) is 0 Å². The van der Waals surface area contributed by atoms with Crippen LogP contribution in [0.1, 0.15) is 278 Å². The highest BCUT2D eigenvalue weighted by atomic mass is 16.6. The van der Waals surface area contributed by atoms with Crippen LogP contribution in [0.3, 0.4) is 0 Å². The number of hydrogen-bond acceptors (Lipinski definition) is 6. The molecule has 1 atom stereocenters. The second kappa shape index (κ2) is 64.1. The molecular weight excluding hydrogens is 949 g/mol. The minimum Gasteiger partial charge on any atom is -0.462 e. The van der Waals surface area contributed by atoms with Gasteiger partial charge in [0.2, 0.25) is 0 Å². The van der Waals surface area contributed by atoms with Crippen LogP contribution < -0.4 is 0 Å². The third kappa shape index (κ3) is 62.3. The first-order valence-electron chi connectivity index (χ1n) is 31.7. The molecule has 0 aliphatic heterocycles. The lowest BCUT2D eigenvalue weighted by Gasteiger charge is -2.18. The molecule has 0 aromatic rings. The van der Waals surface area contributed by atoms with Crippen molar-refractivity contribution >= 4 is 17.9 Å². The van der Waals surface area contributed by atoms with Gasteiger partial charge in [-0.1, -0.05) is 270 Å².